The maximum absolute atomic E-state index is 13.0. The first-order valence-electron chi connectivity index (χ1n) is 8.87. The van der Waals surface area contributed by atoms with E-state index in [1.165, 1.54) is 13.0 Å². The highest BCUT2D eigenvalue weighted by molar-refractivity contribution is 6.35. The van der Waals surface area contributed by atoms with Crippen LogP contribution in [-0.2, 0) is 15.1 Å². The van der Waals surface area contributed by atoms with Gasteiger partial charge in [-0.2, -0.15) is 0 Å². The van der Waals surface area contributed by atoms with Crippen LogP contribution in [0.5, 0.6) is 5.75 Å². The molecule has 1 saturated heterocycles. The molecule has 0 aliphatic carbocycles. The zero-order valence-electron chi connectivity index (χ0n) is 15.8. The molecule has 1 fully saturated rings. The van der Waals surface area contributed by atoms with Gasteiger partial charge in [0.2, 0.25) is 5.91 Å². The highest BCUT2D eigenvalue weighted by Gasteiger charge is 2.50. The molecule has 152 valence electrons. The summed E-state index contributed by atoms with van der Waals surface area (Å²) >= 11 is 12.1. The number of para-hydroxylation sites is 2. The molecule has 0 bridgehead atoms. The summed E-state index contributed by atoms with van der Waals surface area (Å²) in [5, 5.41) is 5.93. The van der Waals surface area contributed by atoms with Crippen LogP contribution in [0.15, 0.2) is 42.5 Å². The zero-order valence-corrected chi connectivity index (χ0v) is 17.3. The first-order valence-corrected chi connectivity index (χ1v) is 9.63. The number of hydrogen-bond acceptors (Lipinski definition) is 4. The van der Waals surface area contributed by atoms with E-state index in [1.54, 1.807) is 36.4 Å². The van der Waals surface area contributed by atoms with Gasteiger partial charge >= 0.3 is 6.03 Å². The van der Waals surface area contributed by atoms with E-state index in [-0.39, 0.29) is 5.02 Å². The molecular formula is C20H19Cl2N3O4. The zero-order chi connectivity index (χ0) is 21.2. The molecule has 29 heavy (non-hydrogen) atoms. The van der Waals surface area contributed by atoms with Crippen LogP contribution in [0.25, 0.3) is 0 Å². The number of nitrogens with one attached hydrogen (secondary N) is 2. The second-order valence-corrected chi connectivity index (χ2v) is 7.39. The van der Waals surface area contributed by atoms with Gasteiger partial charge in [-0.05, 0) is 38.1 Å². The Labute approximate surface area is 177 Å². The Morgan fingerprint density at radius 1 is 1.21 bits per heavy atom. The standard InChI is InChI=1S/C20H19Cl2N3O4/c1-3-29-16-7-5-4-6-15(16)23-17(26)11-25-18(27)20(2,24-19(25)28)13-9-8-12(21)10-14(13)22/h4-10H,3,11H2,1-2H3,(H,23,26)(H,24,28). The van der Waals surface area contributed by atoms with Gasteiger partial charge in [0.1, 0.15) is 17.8 Å². The van der Waals surface area contributed by atoms with Crippen LogP contribution in [0.1, 0.15) is 19.4 Å². The minimum atomic E-state index is -1.40. The van der Waals surface area contributed by atoms with Crippen LogP contribution in [-0.4, -0.2) is 35.9 Å². The van der Waals surface area contributed by atoms with Gasteiger partial charge in [-0.3, -0.25) is 14.5 Å². The molecule has 7 nitrogen and oxygen atoms in total. The molecular weight excluding hydrogens is 417 g/mol. The van der Waals surface area contributed by atoms with Crippen LogP contribution in [0, 0.1) is 0 Å². The molecule has 2 aromatic carbocycles. The Hall–Kier alpha value is -2.77. The van der Waals surface area contributed by atoms with Crippen molar-refractivity contribution in [1.82, 2.24) is 10.2 Å². The maximum Gasteiger partial charge on any atom is 0.325 e. The van der Waals surface area contributed by atoms with E-state index in [9.17, 15) is 14.4 Å². The summed E-state index contributed by atoms with van der Waals surface area (Å²) in [6.45, 7) is 3.34. The number of rotatable bonds is 6. The first kappa shape index (κ1) is 21.0. The van der Waals surface area contributed by atoms with Gasteiger partial charge in [-0.25, -0.2) is 4.79 Å². The highest BCUT2D eigenvalue weighted by Crippen LogP contribution is 2.35. The number of urea groups is 1. The lowest BCUT2D eigenvalue weighted by molar-refractivity contribution is -0.133. The second-order valence-electron chi connectivity index (χ2n) is 6.55. The highest BCUT2D eigenvalue weighted by atomic mass is 35.5. The molecule has 0 radical (unpaired) electrons. The molecule has 3 rings (SSSR count). The van der Waals surface area contributed by atoms with Gasteiger partial charge in [0.05, 0.1) is 12.3 Å². The van der Waals surface area contributed by atoms with Crippen molar-refractivity contribution in [1.29, 1.82) is 0 Å². The summed E-state index contributed by atoms with van der Waals surface area (Å²) in [7, 11) is 0. The van der Waals surface area contributed by atoms with Crippen LogP contribution in [0.4, 0.5) is 10.5 Å². The summed E-state index contributed by atoms with van der Waals surface area (Å²) in [4.78, 5) is 38.8. The van der Waals surface area contributed by atoms with Crippen molar-refractivity contribution < 1.29 is 19.1 Å². The lowest BCUT2D eigenvalue weighted by Crippen LogP contribution is -2.42. The van der Waals surface area contributed by atoms with E-state index in [0.717, 1.165) is 4.90 Å². The van der Waals surface area contributed by atoms with Crippen molar-refractivity contribution in [2.24, 2.45) is 0 Å². The molecule has 4 amide bonds. The molecule has 2 N–H and O–H groups in total. The topological polar surface area (TPSA) is 87.7 Å². The van der Waals surface area contributed by atoms with Crippen LogP contribution < -0.4 is 15.4 Å². The fraction of sp³-hybridized carbons (Fsp3) is 0.250. The van der Waals surface area contributed by atoms with E-state index < -0.39 is 29.9 Å². The van der Waals surface area contributed by atoms with Crippen molar-refractivity contribution in [3.8, 4) is 5.75 Å². The normalized spacial score (nSPS) is 18.6. The lowest BCUT2D eigenvalue weighted by Gasteiger charge is -2.23. The number of carbonyl (C=O) groups excluding carboxylic acids is 3. The van der Waals surface area contributed by atoms with E-state index in [0.29, 0.717) is 28.6 Å². The summed E-state index contributed by atoms with van der Waals surface area (Å²) in [6.07, 6.45) is 0. The number of hydrogen-bond donors (Lipinski definition) is 2. The third-order valence-electron chi connectivity index (χ3n) is 4.51. The van der Waals surface area contributed by atoms with Crippen LogP contribution in [0.3, 0.4) is 0 Å². The van der Waals surface area contributed by atoms with Gasteiger partial charge in [0, 0.05) is 15.6 Å². The van der Waals surface area contributed by atoms with E-state index >= 15 is 0 Å². The molecule has 9 heteroatoms. The SMILES string of the molecule is CCOc1ccccc1NC(=O)CN1C(=O)NC(C)(c2ccc(Cl)cc2Cl)C1=O. The molecule has 2 aromatic rings. The molecule has 1 atom stereocenters. The first-order chi connectivity index (χ1) is 13.8. The van der Waals surface area contributed by atoms with E-state index in [2.05, 4.69) is 10.6 Å². The summed E-state index contributed by atoms with van der Waals surface area (Å²) in [5.74, 6) is -0.620. The van der Waals surface area contributed by atoms with Gasteiger partial charge in [-0.15, -0.1) is 0 Å². The van der Waals surface area contributed by atoms with Crippen LogP contribution in [0.2, 0.25) is 10.0 Å². The van der Waals surface area contributed by atoms with E-state index in [4.69, 9.17) is 27.9 Å². The summed E-state index contributed by atoms with van der Waals surface area (Å²) < 4.78 is 5.46. The van der Waals surface area contributed by atoms with Crippen molar-refractivity contribution in [3.05, 3.63) is 58.1 Å². The molecule has 0 saturated carbocycles. The Kier molecular flexibility index (Phi) is 6.00. The predicted octanol–water partition coefficient (Wildman–Crippen LogP) is 3.80. The lowest BCUT2D eigenvalue weighted by atomic mass is 9.92. The third-order valence-corrected chi connectivity index (χ3v) is 5.06. The van der Waals surface area contributed by atoms with Gasteiger partial charge < -0.3 is 15.4 Å². The van der Waals surface area contributed by atoms with Crippen molar-refractivity contribution in [3.63, 3.8) is 0 Å². The predicted molar refractivity (Wildman–Crippen MR) is 110 cm³/mol. The number of halogens is 2. The van der Waals surface area contributed by atoms with Crippen LogP contribution >= 0.6 is 23.2 Å². The molecule has 0 aromatic heterocycles. The maximum atomic E-state index is 13.0. The van der Waals surface area contributed by atoms with E-state index in [1.807, 2.05) is 6.92 Å². The fourth-order valence-corrected chi connectivity index (χ4v) is 3.70. The molecule has 1 aliphatic rings. The summed E-state index contributed by atoms with van der Waals surface area (Å²) in [5.41, 5.74) is -0.552. The Bertz CT molecular complexity index is 982. The van der Waals surface area contributed by atoms with Gasteiger partial charge in [0.25, 0.3) is 5.91 Å². The molecule has 1 unspecified atom stereocenters. The summed E-state index contributed by atoms with van der Waals surface area (Å²) in [6, 6.07) is 10.9. The smallest absolute Gasteiger partial charge is 0.325 e. The number of imide groups is 1. The van der Waals surface area contributed by atoms with Crippen molar-refractivity contribution >= 4 is 46.7 Å². The number of ether oxygens (including phenoxy) is 1. The Morgan fingerprint density at radius 2 is 1.93 bits per heavy atom. The third kappa shape index (κ3) is 4.16. The molecule has 1 aliphatic heterocycles. The fourth-order valence-electron chi connectivity index (χ4n) is 3.10. The second kappa shape index (κ2) is 8.31. The monoisotopic (exact) mass is 435 g/mol. The van der Waals surface area contributed by atoms with Gasteiger partial charge in [-0.1, -0.05) is 41.4 Å². The Balaban J connectivity index is 1.77. The quantitative estimate of drug-likeness (QED) is 0.675. The molecule has 1 heterocycles. The number of carbonyl (C=O) groups is 3. The average molecular weight is 436 g/mol. The minimum Gasteiger partial charge on any atom is -0.492 e. The van der Waals surface area contributed by atoms with Crippen molar-refractivity contribution in [2.45, 2.75) is 19.4 Å². The number of anilines is 1. The number of benzene rings is 2. The number of nitrogens with zero attached hydrogens (tertiary/aromatic N) is 1. The van der Waals surface area contributed by atoms with Gasteiger partial charge in [0.15, 0.2) is 0 Å². The van der Waals surface area contributed by atoms with Crippen molar-refractivity contribution in [2.75, 3.05) is 18.5 Å². The number of amides is 4. The average Bonchev–Trinajstić information content (AvgIpc) is 2.87. The minimum absolute atomic E-state index is 0.241. The molecule has 0 spiro atoms. The Morgan fingerprint density at radius 3 is 2.62 bits per heavy atom. The largest absolute Gasteiger partial charge is 0.492 e.